The highest BCUT2D eigenvalue weighted by molar-refractivity contribution is 5.84. The molecule has 2 fully saturated rings. The monoisotopic (exact) mass is 356 g/mol. The smallest absolute Gasteiger partial charge is 0.317 e. The lowest BCUT2D eigenvalue weighted by molar-refractivity contribution is -0.131. The van der Waals surface area contributed by atoms with Gasteiger partial charge in [-0.15, -0.1) is 0 Å². The number of fused-ring (bicyclic) bond motifs is 2. The summed E-state index contributed by atoms with van der Waals surface area (Å²) in [6.07, 6.45) is 0. The molecule has 8 heteroatoms. The molecule has 26 heavy (non-hydrogen) atoms. The molecule has 3 amide bonds. The zero-order chi connectivity index (χ0) is 18.3. The molecule has 0 radical (unpaired) electrons. The van der Waals surface area contributed by atoms with Gasteiger partial charge in [-0.2, -0.15) is 0 Å². The van der Waals surface area contributed by atoms with Crippen LogP contribution < -0.4 is 10.6 Å². The number of carbonyl (C=O) groups is 2. The second kappa shape index (κ2) is 6.60. The molecule has 0 spiro atoms. The summed E-state index contributed by atoms with van der Waals surface area (Å²) in [5, 5.41) is 5.79. The summed E-state index contributed by atoms with van der Waals surface area (Å²) in [7, 11) is 0. The summed E-state index contributed by atoms with van der Waals surface area (Å²) in [6, 6.07) is 3.68. The van der Waals surface area contributed by atoms with E-state index in [0.29, 0.717) is 26.2 Å². The van der Waals surface area contributed by atoms with Crippen molar-refractivity contribution >= 4 is 23.0 Å². The predicted octanol–water partition coefficient (Wildman–Crippen LogP) is 0.505. The van der Waals surface area contributed by atoms with Gasteiger partial charge < -0.3 is 20.5 Å². The third-order valence-corrected chi connectivity index (χ3v) is 5.41. The molecule has 1 aromatic heterocycles. The third kappa shape index (κ3) is 3.01. The summed E-state index contributed by atoms with van der Waals surface area (Å²) in [5.41, 5.74) is 4.27. The molecule has 2 aromatic rings. The number of benzene rings is 1. The van der Waals surface area contributed by atoms with Crippen molar-refractivity contribution in [2.24, 2.45) is 0 Å². The molecule has 8 nitrogen and oxygen atoms in total. The van der Waals surface area contributed by atoms with Crippen LogP contribution >= 0.6 is 0 Å². The number of amides is 3. The van der Waals surface area contributed by atoms with Gasteiger partial charge in [0.15, 0.2) is 0 Å². The molecule has 1 aromatic carbocycles. The second-order valence-corrected chi connectivity index (χ2v) is 7.03. The molecule has 0 aliphatic carbocycles. The van der Waals surface area contributed by atoms with E-state index in [4.69, 9.17) is 0 Å². The van der Waals surface area contributed by atoms with Crippen molar-refractivity contribution in [3.63, 3.8) is 0 Å². The van der Waals surface area contributed by atoms with Gasteiger partial charge in [-0.1, -0.05) is 6.07 Å². The highest BCUT2D eigenvalue weighted by Crippen LogP contribution is 2.19. The van der Waals surface area contributed by atoms with Crippen LogP contribution in [0.4, 0.5) is 4.79 Å². The van der Waals surface area contributed by atoms with E-state index in [2.05, 4.69) is 45.4 Å². The Bertz CT molecular complexity index is 861. The molecule has 2 aliphatic rings. The van der Waals surface area contributed by atoms with Crippen molar-refractivity contribution in [3.8, 4) is 0 Å². The number of imidazole rings is 1. The zero-order valence-corrected chi connectivity index (χ0v) is 15.1. The Hall–Kier alpha value is -2.61. The van der Waals surface area contributed by atoms with Gasteiger partial charge >= 0.3 is 6.03 Å². The number of hydrogen-bond acceptors (Lipinski definition) is 4. The van der Waals surface area contributed by atoms with Crippen LogP contribution in [0.15, 0.2) is 12.1 Å². The van der Waals surface area contributed by atoms with Gasteiger partial charge in [0.05, 0.1) is 17.6 Å². The first-order valence-electron chi connectivity index (χ1n) is 9.02. The molecule has 4 rings (SSSR count). The maximum atomic E-state index is 12.5. The van der Waals surface area contributed by atoms with Crippen LogP contribution in [0, 0.1) is 13.8 Å². The normalized spacial score (nSPS) is 20.8. The van der Waals surface area contributed by atoms with Crippen LogP contribution in [-0.2, 0) is 11.3 Å². The van der Waals surface area contributed by atoms with Crippen LogP contribution in [0.5, 0.6) is 0 Å². The lowest BCUT2D eigenvalue weighted by atomic mass is 10.1. The Kier molecular flexibility index (Phi) is 4.28. The number of aryl methyl sites for hydroxylation is 2. The van der Waals surface area contributed by atoms with Crippen LogP contribution in [0.1, 0.15) is 17.0 Å². The molecule has 2 saturated heterocycles. The largest absolute Gasteiger partial charge is 0.353 e. The first-order chi connectivity index (χ1) is 12.5. The molecule has 2 aliphatic heterocycles. The first kappa shape index (κ1) is 16.8. The van der Waals surface area contributed by atoms with Crippen molar-refractivity contribution < 1.29 is 9.59 Å². The van der Waals surface area contributed by atoms with Crippen molar-refractivity contribution in [3.05, 3.63) is 29.1 Å². The van der Waals surface area contributed by atoms with E-state index >= 15 is 0 Å². The van der Waals surface area contributed by atoms with E-state index in [1.54, 1.807) is 4.90 Å². The highest BCUT2D eigenvalue weighted by atomic mass is 16.2. The van der Waals surface area contributed by atoms with E-state index in [1.807, 2.05) is 6.07 Å². The molecule has 1 atom stereocenters. The lowest BCUT2D eigenvalue weighted by Gasteiger charge is -2.42. The number of urea groups is 1. The van der Waals surface area contributed by atoms with Gasteiger partial charge in [0.2, 0.25) is 5.91 Å². The summed E-state index contributed by atoms with van der Waals surface area (Å²) in [4.78, 5) is 36.2. The minimum Gasteiger partial charge on any atom is -0.353 e. The SMILES string of the molecule is Cc1ccc2[nH]c(CNC(=O)N3CCN4CCNC(=O)[C@H]4C3)nc2c1C. The molecule has 3 N–H and O–H groups in total. The zero-order valence-electron chi connectivity index (χ0n) is 15.1. The molecular weight excluding hydrogens is 332 g/mol. The molecule has 3 heterocycles. The first-order valence-corrected chi connectivity index (χ1v) is 9.02. The van der Waals surface area contributed by atoms with Gasteiger partial charge in [0.1, 0.15) is 11.9 Å². The van der Waals surface area contributed by atoms with Gasteiger partial charge in [0.25, 0.3) is 0 Å². The van der Waals surface area contributed by atoms with Crippen molar-refractivity contribution in [1.82, 2.24) is 30.4 Å². The minimum absolute atomic E-state index is 0.0110. The van der Waals surface area contributed by atoms with Gasteiger partial charge in [-0.3, -0.25) is 9.69 Å². The molecule has 0 bridgehead atoms. The van der Waals surface area contributed by atoms with Crippen molar-refractivity contribution in [2.75, 3.05) is 32.7 Å². The minimum atomic E-state index is -0.236. The van der Waals surface area contributed by atoms with Crippen molar-refractivity contribution in [1.29, 1.82) is 0 Å². The van der Waals surface area contributed by atoms with E-state index in [1.165, 1.54) is 5.56 Å². The molecule has 0 saturated carbocycles. The van der Waals surface area contributed by atoms with E-state index in [9.17, 15) is 9.59 Å². The predicted molar refractivity (Wildman–Crippen MR) is 97.7 cm³/mol. The Morgan fingerprint density at radius 3 is 3.00 bits per heavy atom. The molecule has 138 valence electrons. The second-order valence-electron chi connectivity index (χ2n) is 7.03. The Balaban J connectivity index is 1.39. The maximum Gasteiger partial charge on any atom is 0.317 e. The number of aromatic amines is 1. The van der Waals surface area contributed by atoms with Crippen LogP contribution in [-0.4, -0.2) is 70.5 Å². The van der Waals surface area contributed by atoms with Gasteiger partial charge in [0, 0.05) is 32.7 Å². The number of carbonyl (C=O) groups excluding carboxylic acids is 2. The molecule has 0 unspecified atom stereocenters. The van der Waals surface area contributed by atoms with Crippen molar-refractivity contribution in [2.45, 2.75) is 26.4 Å². The topological polar surface area (TPSA) is 93.4 Å². The fourth-order valence-corrected chi connectivity index (χ4v) is 3.68. The summed E-state index contributed by atoms with van der Waals surface area (Å²) >= 11 is 0. The van der Waals surface area contributed by atoms with E-state index in [-0.39, 0.29) is 18.0 Å². The fourth-order valence-electron chi connectivity index (χ4n) is 3.68. The third-order valence-electron chi connectivity index (χ3n) is 5.41. The summed E-state index contributed by atoms with van der Waals surface area (Å²) < 4.78 is 0. The highest BCUT2D eigenvalue weighted by Gasteiger charge is 2.36. The number of piperazine rings is 2. The average molecular weight is 356 g/mol. The van der Waals surface area contributed by atoms with Crippen LogP contribution in [0.25, 0.3) is 11.0 Å². The fraction of sp³-hybridized carbons (Fsp3) is 0.500. The number of hydrogen-bond donors (Lipinski definition) is 3. The van der Waals surface area contributed by atoms with Crippen LogP contribution in [0.2, 0.25) is 0 Å². The number of nitrogens with one attached hydrogen (secondary N) is 3. The number of nitrogens with zero attached hydrogens (tertiary/aromatic N) is 3. The van der Waals surface area contributed by atoms with E-state index < -0.39 is 0 Å². The Labute approximate surface area is 151 Å². The number of aromatic nitrogens is 2. The Morgan fingerprint density at radius 2 is 2.15 bits per heavy atom. The summed E-state index contributed by atoms with van der Waals surface area (Å²) in [6.45, 7) is 7.78. The van der Waals surface area contributed by atoms with Gasteiger partial charge in [-0.05, 0) is 31.0 Å². The van der Waals surface area contributed by atoms with Crippen LogP contribution in [0.3, 0.4) is 0 Å². The van der Waals surface area contributed by atoms with Gasteiger partial charge in [-0.25, -0.2) is 9.78 Å². The quantitative estimate of drug-likeness (QED) is 0.731. The molecular formula is C18H24N6O2. The number of rotatable bonds is 2. The average Bonchev–Trinajstić information content (AvgIpc) is 3.07. The number of H-pyrrole nitrogens is 1. The maximum absolute atomic E-state index is 12.5. The standard InChI is InChI=1S/C18H24N6O2/c1-11-3-4-13-16(12(11)2)22-15(21-13)9-20-18(26)24-8-7-23-6-5-19-17(25)14(23)10-24/h3-4,14H,5-10H2,1-2H3,(H,19,25)(H,20,26)(H,21,22)/t14-/m1/s1. The Morgan fingerprint density at radius 1 is 1.31 bits per heavy atom. The lowest BCUT2D eigenvalue weighted by Crippen LogP contribution is -2.65. The van der Waals surface area contributed by atoms with E-state index in [0.717, 1.165) is 35.5 Å². The summed E-state index contributed by atoms with van der Waals surface area (Å²) in [5.74, 6) is 0.743.